The number of benzene rings is 2. The van der Waals surface area contributed by atoms with Gasteiger partial charge in [0, 0.05) is 38.0 Å². The van der Waals surface area contributed by atoms with Gasteiger partial charge in [-0.1, -0.05) is 61.3 Å². The minimum absolute atomic E-state index is 0.101. The lowest BCUT2D eigenvalue weighted by molar-refractivity contribution is -0.135. The van der Waals surface area contributed by atoms with Gasteiger partial charge < -0.3 is 9.64 Å². The first kappa shape index (κ1) is 29.6. The van der Waals surface area contributed by atoms with Crippen LogP contribution in [-0.2, 0) is 21.4 Å². The third-order valence-electron chi connectivity index (χ3n) is 8.30. The van der Waals surface area contributed by atoms with Gasteiger partial charge >= 0.3 is 5.97 Å². The first-order chi connectivity index (χ1) is 18.6. The molecule has 2 aromatic rings. The predicted octanol–water partition coefficient (Wildman–Crippen LogP) is 6.94. The molecule has 3 atom stereocenters. The monoisotopic (exact) mass is 570 g/mol. The minimum Gasteiger partial charge on any atom is -0.427 e. The van der Waals surface area contributed by atoms with Crippen molar-refractivity contribution in [3.05, 3.63) is 76.3 Å². The van der Waals surface area contributed by atoms with Crippen molar-refractivity contribution in [2.75, 3.05) is 26.2 Å². The van der Waals surface area contributed by atoms with Crippen molar-refractivity contribution < 1.29 is 14.3 Å². The first-order valence-corrected chi connectivity index (χ1v) is 14.7. The average Bonchev–Trinajstić information content (AvgIpc) is 2.89. The predicted molar refractivity (Wildman–Crippen MR) is 159 cm³/mol. The van der Waals surface area contributed by atoms with E-state index < -0.39 is 0 Å². The number of carbonyl (C=O) groups excluding carboxylic acids is 2. The van der Waals surface area contributed by atoms with Crippen LogP contribution in [0.4, 0.5) is 0 Å². The largest absolute Gasteiger partial charge is 0.427 e. The van der Waals surface area contributed by atoms with Gasteiger partial charge in [0.05, 0.1) is 16.5 Å². The molecular formula is C32H40Cl2N2O3. The zero-order chi connectivity index (χ0) is 28.2. The van der Waals surface area contributed by atoms with Gasteiger partial charge in [0.1, 0.15) is 5.75 Å². The molecule has 0 bridgehead atoms. The van der Waals surface area contributed by atoms with E-state index in [0.717, 1.165) is 50.9 Å². The number of ether oxygens (including phenoxy) is 1. The maximum atomic E-state index is 13.8. The molecule has 210 valence electrons. The zero-order valence-corrected chi connectivity index (χ0v) is 24.8. The average molecular weight is 572 g/mol. The Labute approximate surface area is 243 Å². The smallest absolute Gasteiger partial charge is 0.308 e. The second-order valence-corrected chi connectivity index (χ2v) is 12.4. The number of likely N-dealkylation sites (tertiary alicyclic amines) is 1. The normalized spacial score (nSPS) is 23.2. The third-order valence-corrected chi connectivity index (χ3v) is 9.04. The molecule has 1 aliphatic heterocycles. The Morgan fingerprint density at radius 3 is 2.67 bits per heavy atom. The van der Waals surface area contributed by atoms with E-state index in [1.807, 2.05) is 30.3 Å². The van der Waals surface area contributed by atoms with Gasteiger partial charge in [-0.25, -0.2) is 0 Å². The number of fused-ring (bicyclic) bond motifs is 1. The molecule has 4 rings (SSSR count). The molecule has 0 spiro atoms. The molecule has 0 unspecified atom stereocenters. The van der Waals surface area contributed by atoms with Gasteiger partial charge in [0.2, 0.25) is 5.91 Å². The van der Waals surface area contributed by atoms with Crippen LogP contribution in [-0.4, -0.2) is 53.9 Å². The fraction of sp³-hybridized carbons (Fsp3) is 0.500. The summed E-state index contributed by atoms with van der Waals surface area (Å²) in [5.41, 5.74) is 1.98. The van der Waals surface area contributed by atoms with Gasteiger partial charge in [-0.2, -0.15) is 0 Å². The Morgan fingerprint density at radius 2 is 1.97 bits per heavy atom. The molecule has 2 aromatic carbocycles. The quantitative estimate of drug-likeness (QED) is 0.186. The van der Waals surface area contributed by atoms with Crippen LogP contribution in [0.15, 0.2) is 55.1 Å². The van der Waals surface area contributed by atoms with Crippen molar-refractivity contribution in [1.29, 1.82) is 0 Å². The lowest BCUT2D eigenvalue weighted by Crippen LogP contribution is -2.57. The van der Waals surface area contributed by atoms with Crippen LogP contribution in [0.25, 0.3) is 0 Å². The lowest BCUT2D eigenvalue weighted by atomic mass is 9.57. The van der Waals surface area contributed by atoms with Gasteiger partial charge in [-0.3, -0.25) is 14.5 Å². The number of esters is 1. The van der Waals surface area contributed by atoms with Gasteiger partial charge in [0.25, 0.3) is 0 Å². The van der Waals surface area contributed by atoms with Crippen molar-refractivity contribution in [2.24, 2.45) is 11.8 Å². The van der Waals surface area contributed by atoms with E-state index in [9.17, 15) is 9.59 Å². The van der Waals surface area contributed by atoms with Crippen molar-refractivity contribution in [3.63, 3.8) is 0 Å². The van der Waals surface area contributed by atoms with E-state index in [0.29, 0.717) is 40.6 Å². The number of piperidine rings is 1. The Morgan fingerprint density at radius 1 is 1.18 bits per heavy atom. The molecular weight excluding hydrogens is 531 g/mol. The van der Waals surface area contributed by atoms with E-state index in [4.69, 9.17) is 27.9 Å². The highest BCUT2D eigenvalue weighted by Gasteiger charge is 2.49. The van der Waals surface area contributed by atoms with Crippen LogP contribution >= 0.6 is 23.2 Å². The molecule has 0 aromatic heterocycles. The lowest BCUT2D eigenvalue weighted by Gasteiger charge is -2.54. The Balaban J connectivity index is 1.65. The van der Waals surface area contributed by atoms with Crippen LogP contribution in [0.3, 0.4) is 0 Å². The number of carbonyl (C=O) groups is 2. The Kier molecular flexibility index (Phi) is 9.79. The maximum Gasteiger partial charge on any atom is 0.308 e. The Bertz CT molecular complexity index is 1200. The van der Waals surface area contributed by atoms with Crippen molar-refractivity contribution >= 4 is 35.1 Å². The highest BCUT2D eigenvalue weighted by atomic mass is 35.5. The molecule has 7 heteroatoms. The molecule has 1 saturated carbocycles. The molecule has 0 radical (unpaired) electrons. The van der Waals surface area contributed by atoms with E-state index >= 15 is 0 Å². The molecule has 2 aliphatic rings. The second kappa shape index (κ2) is 12.9. The molecule has 39 heavy (non-hydrogen) atoms. The van der Waals surface area contributed by atoms with Crippen LogP contribution in [0.5, 0.6) is 5.75 Å². The molecule has 1 heterocycles. The summed E-state index contributed by atoms with van der Waals surface area (Å²) in [6.45, 7) is 13.3. The summed E-state index contributed by atoms with van der Waals surface area (Å²) in [5.74, 6) is 1.18. The van der Waals surface area contributed by atoms with Gasteiger partial charge in [-0.15, -0.1) is 6.58 Å². The number of nitrogens with zero attached hydrogens (tertiary/aromatic N) is 2. The summed E-state index contributed by atoms with van der Waals surface area (Å²) in [6.07, 6.45) is 6.16. The van der Waals surface area contributed by atoms with E-state index in [1.54, 1.807) is 12.1 Å². The zero-order valence-electron chi connectivity index (χ0n) is 23.3. The Hall–Kier alpha value is -2.34. The standard InChI is InChI=1S/C32H40Cl2N2O3/c1-5-14-35-15-13-32(25-7-6-8-28(18-25)39-23(4)37)19-27(11-10-26(32)21-35)36(20-22(2)3)31(38)17-24-9-12-29(33)30(34)16-24/h5-9,12,16,18,22,26-27H,1,10-11,13-15,17,19-21H2,2-4H3/t26-,27-,32+/m1/s1. The maximum absolute atomic E-state index is 13.8. The number of hydrogen-bond donors (Lipinski definition) is 0. The summed E-state index contributed by atoms with van der Waals surface area (Å²) < 4.78 is 5.48. The fourth-order valence-electron chi connectivity index (χ4n) is 6.61. The van der Waals surface area contributed by atoms with Crippen molar-refractivity contribution in [2.45, 2.75) is 64.3 Å². The summed E-state index contributed by atoms with van der Waals surface area (Å²) in [5, 5.41) is 0.960. The first-order valence-electron chi connectivity index (χ1n) is 14.0. The van der Waals surface area contributed by atoms with E-state index in [-0.39, 0.29) is 23.3 Å². The minimum atomic E-state index is -0.320. The van der Waals surface area contributed by atoms with Crippen molar-refractivity contribution in [1.82, 2.24) is 9.80 Å². The number of amides is 1. The van der Waals surface area contributed by atoms with Crippen LogP contribution in [0.1, 0.15) is 57.6 Å². The van der Waals surface area contributed by atoms with Crippen LogP contribution < -0.4 is 4.74 Å². The number of halogens is 2. The van der Waals surface area contributed by atoms with Crippen molar-refractivity contribution in [3.8, 4) is 5.75 Å². The molecule has 1 amide bonds. The van der Waals surface area contributed by atoms with Crippen LogP contribution in [0.2, 0.25) is 10.0 Å². The second-order valence-electron chi connectivity index (χ2n) is 11.6. The van der Waals surface area contributed by atoms with Crippen LogP contribution in [0, 0.1) is 11.8 Å². The van der Waals surface area contributed by atoms with Gasteiger partial charge in [-0.05, 0) is 79.5 Å². The SMILES string of the molecule is C=CCN1CC[C@@]2(c3cccc(OC(C)=O)c3)C[C@H](N(CC(C)C)C(=O)Cc3ccc(Cl)c(Cl)c3)CC[C@@H]2C1. The molecule has 2 fully saturated rings. The highest BCUT2D eigenvalue weighted by Crippen LogP contribution is 2.50. The fourth-order valence-corrected chi connectivity index (χ4v) is 6.93. The molecule has 5 nitrogen and oxygen atoms in total. The van der Waals surface area contributed by atoms with Gasteiger partial charge in [0.15, 0.2) is 0 Å². The van der Waals surface area contributed by atoms with E-state index in [2.05, 4.69) is 36.3 Å². The number of rotatable bonds is 9. The topological polar surface area (TPSA) is 49.9 Å². The number of hydrogen-bond acceptors (Lipinski definition) is 4. The summed E-state index contributed by atoms with van der Waals surface area (Å²) in [4.78, 5) is 30.1. The molecule has 0 N–H and O–H groups in total. The highest BCUT2D eigenvalue weighted by molar-refractivity contribution is 6.42. The summed E-state index contributed by atoms with van der Waals surface area (Å²) in [7, 11) is 0. The summed E-state index contributed by atoms with van der Waals surface area (Å²) >= 11 is 12.4. The van der Waals surface area contributed by atoms with E-state index in [1.165, 1.54) is 12.5 Å². The summed E-state index contributed by atoms with van der Waals surface area (Å²) in [6, 6.07) is 13.6. The molecule has 1 saturated heterocycles. The molecule has 1 aliphatic carbocycles. The third kappa shape index (κ3) is 7.06.